The van der Waals surface area contributed by atoms with Crippen LogP contribution in [0.25, 0.3) is 0 Å². The van der Waals surface area contributed by atoms with E-state index in [0.717, 1.165) is 5.56 Å². The standard InChI is InChI=1S/C13H12Cl2O2/c1-7-10(5-9(16)6-13(7)17)8-2-3-11(14)12(15)4-8/h2-4,7,10H,5-6H2,1H3. The van der Waals surface area contributed by atoms with Crippen LogP contribution in [0.3, 0.4) is 0 Å². The predicted octanol–water partition coefficient (Wildman–Crippen LogP) is 3.65. The molecule has 0 spiro atoms. The molecule has 0 aliphatic heterocycles. The Morgan fingerprint density at radius 2 is 1.88 bits per heavy atom. The van der Waals surface area contributed by atoms with Crippen molar-refractivity contribution in [2.24, 2.45) is 5.92 Å². The van der Waals surface area contributed by atoms with E-state index in [0.29, 0.717) is 16.5 Å². The molecule has 0 aromatic heterocycles. The van der Waals surface area contributed by atoms with Crippen LogP contribution >= 0.6 is 23.2 Å². The lowest BCUT2D eigenvalue weighted by molar-refractivity contribution is -0.133. The van der Waals surface area contributed by atoms with Gasteiger partial charge in [0.25, 0.3) is 0 Å². The average molecular weight is 271 g/mol. The van der Waals surface area contributed by atoms with Crippen LogP contribution in [-0.4, -0.2) is 11.6 Å². The van der Waals surface area contributed by atoms with Gasteiger partial charge in [0.1, 0.15) is 11.6 Å². The van der Waals surface area contributed by atoms with Crippen LogP contribution in [-0.2, 0) is 9.59 Å². The van der Waals surface area contributed by atoms with Gasteiger partial charge in [-0.3, -0.25) is 9.59 Å². The van der Waals surface area contributed by atoms with Crippen molar-refractivity contribution in [3.63, 3.8) is 0 Å². The summed E-state index contributed by atoms with van der Waals surface area (Å²) in [4.78, 5) is 23.1. The first-order valence-electron chi connectivity index (χ1n) is 5.48. The number of Topliss-reactive ketones (excluding diaryl/α,β-unsaturated/α-hetero) is 2. The number of carbonyl (C=O) groups excluding carboxylic acids is 2. The zero-order chi connectivity index (χ0) is 12.6. The molecule has 1 fully saturated rings. The summed E-state index contributed by atoms with van der Waals surface area (Å²) in [7, 11) is 0. The van der Waals surface area contributed by atoms with Gasteiger partial charge in [0.05, 0.1) is 16.5 Å². The zero-order valence-electron chi connectivity index (χ0n) is 9.37. The highest BCUT2D eigenvalue weighted by atomic mass is 35.5. The molecule has 0 N–H and O–H groups in total. The lowest BCUT2D eigenvalue weighted by Crippen LogP contribution is -2.29. The number of halogens is 2. The molecule has 90 valence electrons. The number of hydrogen-bond acceptors (Lipinski definition) is 2. The summed E-state index contributed by atoms with van der Waals surface area (Å²) in [5.41, 5.74) is 0.910. The first kappa shape index (κ1) is 12.6. The molecule has 0 heterocycles. The number of ketones is 2. The van der Waals surface area contributed by atoms with Crippen molar-refractivity contribution >= 4 is 34.8 Å². The van der Waals surface area contributed by atoms with E-state index in [2.05, 4.69) is 0 Å². The Morgan fingerprint density at radius 3 is 2.53 bits per heavy atom. The van der Waals surface area contributed by atoms with Gasteiger partial charge in [-0.25, -0.2) is 0 Å². The molecule has 2 rings (SSSR count). The quantitative estimate of drug-likeness (QED) is 0.731. The maximum atomic E-state index is 11.7. The largest absolute Gasteiger partial charge is 0.299 e. The van der Waals surface area contributed by atoms with Crippen LogP contribution in [0.4, 0.5) is 0 Å². The van der Waals surface area contributed by atoms with Gasteiger partial charge in [0, 0.05) is 18.3 Å². The lowest BCUT2D eigenvalue weighted by Gasteiger charge is -2.27. The van der Waals surface area contributed by atoms with E-state index in [4.69, 9.17) is 23.2 Å². The minimum absolute atomic E-state index is 0.00386. The summed E-state index contributed by atoms with van der Waals surface area (Å²) < 4.78 is 0. The van der Waals surface area contributed by atoms with E-state index in [1.165, 1.54) is 0 Å². The van der Waals surface area contributed by atoms with Gasteiger partial charge < -0.3 is 0 Å². The van der Waals surface area contributed by atoms with Crippen LogP contribution in [0.15, 0.2) is 18.2 Å². The minimum Gasteiger partial charge on any atom is -0.299 e. The molecule has 0 bridgehead atoms. The SMILES string of the molecule is CC1C(=O)CC(=O)CC1c1ccc(Cl)c(Cl)c1. The molecular formula is C13H12Cl2O2. The molecule has 1 aromatic carbocycles. The van der Waals surface area contributed by atoms with E-state index in [1.54, 1.807) is 12.1 Å². The Kier molecular flexibility index (Phi) is 3.55. The smallest absolute Gasteiger partial charge is 0.143 e. The summed E-state index contributed by atoms with van der Waals surface area (Å²) in [6, 6.07) is 5.29. The Morgan fingerprint density at radius 1 is 1.18 bits per heavy atom. The molecule has 0 amide bonds. The Bertz CT molecular complexity index is 482. The van der Waals surface area contributed by atoms with E-state index in [1.807, 2.05) is 13.0 Å². The summed E-state index contributed by atoms with van der Waals surface area (Å²) in [6.07, 6.45) is 0.476. The molecule has 1 aliphatic carbocycles. The fourth-order valence-corrected chi connectivity index (χ4v) is 2.53. The van der Waals surface area contributed by atoms with Crippen molar-refractivity contribution in [3.05, 3.63) is 33.8 Å². The van der Waals surface area contributed by atoms with E-state index in [-0.39, 0.29) is 29.8 Å². The topological polar surface area (TPSA) is 34.1 Å². The van der Waals surface area contributed by atoms with Crippen LogP contribution in [0.1, 0.15) is 31.2 Å². The normalized spacial score (nSPS) is 25.1. The van der Waals surface area contributed by atoms with Gasteiger partial charge in [-0.15, -0.1) is 0 Å². The second-order valence-electron chi connectivity index (χ2n) is 4.45. The molecular weight excluding hydrogens is 259 g/mol. The first-order chi connectivity index (χ1) is 7.99. The van der Waals surface area contributed by atoms with Crippen molar-refractivity contribution in [1.29, 1.82) is 0 Å². The molecule has 1 aromatic rings. The van der Waals surface area contributed by atoms with Crippen molar-refractivity contribution in [1.82, 2.24) is 0 Å². The Balaban J connectivity index is 2.34. The van der Waals surface area contributed by atoms with Gasteiger partial charge >= 0.3 is 0 Å². The third-order valence-electron chi connectivity index (χ3n) is 3.30. The molecule has 2 atom stereocenters. The highest BCUT2D eigenvalue weighted by molar-refractivity contribution is 6.42. The van der Waals surface area contributed by atoms with Crippen LogP contribution in [0.5, 0.6) is 0 Å². The lowest BCUT2D eigenvalue weighted by atomic mass is 9.75. The summed E-state index contributed by atoms with van der Waals surface area (Å²) in [6.45, 7) is 1.86. The van der Waals surface area contributed by atoms with Crippen LogP contribution in [0.2, 0.25) is 10.0 Å². The van der Waals surface area contributed by atoms with Crippen molar-refractivity contribution < 1.29 is 9.59 Å². The van der Waals surface area contributed by atoms with Crippen LogP contribution in [0, 0.1) is 5.92 Å². The molecule has 1 saturated carbocycles. The van der Waals surface area contributed by atoms with Gasteiger partial charge in [-0.2, -0.15) is 0 Å². The summed E-state index contributed by atoms with van der Waals surface area (Å²) in [5.74, 6) is -0.190. The number of benzene rings is 1. The number of rotatable bonds is 1. The van der Waals surface area contributed by atoms with Crippen molar-refractivity contribution in [2.45, 2.75) is 25.7 Å². The second-order valence-corrected chi connectivity index (χ2v) is 5.27. The molecule has 0 saturated heterocycles. The highest BCUT2D eigenvalue weighted by Crippen LogP contribution is 2.36. The van der Waals surface area contributed by atoms with Crippen molar-refractivity contribution in [2.75, 3.05) is 0 Å². The molecule has 1 aliphatic rings. The first-order valence-corrected chi connectivity index (χ1v) is 6.24. The fourth-order valence-electron chi connectivity index (χ4n) is 2.22. The molecule has 2 unspecified atom stereocenters. The molecule has 0 radical (unpaired) electrons. The maximum absolute atomic E-state index is 11.7. The van der Waals surface area contributed by atoms with Gasteiger partial charge in [0.2, 0.25) is 0 Å². The second kappa shape index (κ2) is 4.79. The third kappa shape index (κ3) is 2.53. The number of carbonyl (C=O) groups is 2. The van der Waals surface area contributed by atoms with E-state index >= 15 is 0 Å². The maximum Gasteiger partial charge on any atom is 0.143 e. The van der Waals surface area contributed by atoms with Gasteiger partial charge in [-0.1, -0.05) is 36.2 Å². The number of hydrogen-bond donors (Lipinski definition) is 0. The highest BCUT2D eigenvalue weighted by Gasteiger charge is 2.33. The van der Waals surface area contributed by atoms with Crippen LogP contribution < -0.4 is 0 Å². The van der Waals surface area contributed by atoms with E-state index < -0.39 is 0 Å². The fraction of sp³-hybridized carbons (Fsp3) is 0.385. The monoisotopic (exact) mass is 270 g/mol. The Labute approximate surface area is 110 Å². The van der Waals surface area contributed by atoms with Crippen molar-refractivity contribution in [3.8, 4) is 0 Å². The predicted molar refractivity (Wildman–Crippen MR) is 67.6 cm³/mol. The molecule has 2 nitrogen and oxygen atoms in total. The van der Waals surface area contributed by atoms with Gasteiger partial charge in [0.15, 0.2) is 0 Å². The average Bonchev–Trinajstić information content (AvgIpc) is 2.27. The van der Waals surface area contributed by atoms with E-state index in [9.17, 15) is 9.59 Å². The Hall–Kier alpha value is -0.860. The minimum atomic E-state index is -0.134. The summed E-state index contributed by atoms with van der Waals surface area (Å²) >= 11 is 11.8. The molecule has 4 heteroatoms. The molecule has 17 heavy (non-hydrogen) atoms. The third-order valence-corrected chi connectivity index (χ3v) is 4.04. The summed E-state index contributed by atoms with van der Waals surface area (Å²) in [5, 5.41) is 0.943. The zero-order valence-corrected chi connectivity index (χ0v) is 10.9. The van der Waals surface area contributed by atoms with Gasteiger partial charge in [-0.05, 0) is 17.7 Å².